The monoisotopic (exact) mass is 393 g/mol. The molecule has 0 amide bonds. The van der Waals surface area contributed by atoms with Crippen LogP contribution >= 0.6 is 0 Å². The number of piperidine rings is 1. The van der Waals surface area contributed by atoms with Crippen LogP contribution in [0.4, 0.5) is 0 Å². The second-order valence-electron chi connectivity index (χ2n) is 8.18. The van der Waals surface area contributed by atoms with Gasteiger partial charge < -0.3 is 9.26 Å². The van der Waals surface area contributed by atoms with E-state index in [-0.39, 0.29) is 6.10 Å². The van der Waals surface area contributed by atoms with Gasteiger partial charge >= 0.3 is 0 Å². The molecule has 1 unspecified atom stereocenters. The Labute approximate surface area is 170 Å². The molecule has 2 aliphatic rings. The Bertz CT molecular complexity index is 952. The lowest BCUT2D eigenvalue weighted by molar-refractivity contribution is 0.108. The van der Waals surface area contributed by atoms with Gasteiger partial charge in [-0.25, -0.2) is 0 Å². The molecule has 3 aromatic rings. The molecular weight excluding hydrogens is 366 g/mol. The summed E-state index contributed by atoms with van der Waals surface area (Å²) in [5, 5.41) is 11.9. The summed E-state index contributed by atoms with van der Waals surface area (Å²) >= 11 is 0. The Morgan fingerprint density at radius 2 is 2.07 bits per heavy atom. The van der Waals surface area contributed by atoms with Gasteiger partial charge in [-0.3, -0.25) is 10.00 Å². The van der Waals surface area contributed by atoms with Crippen molar-refractivity contribution in [1.82, 2.24) is 25.2 Å². The summed E-state index contributed by atoms with van der Waals surface area (Å²) in [5.74, 6) is 1.85. The molecule has 1 atom stereocenters. The summed E-state index contributed by atoms with van der Waals surface area (Å²) in [6.45, 7) is 5.65. The van der Waals surface area contributed by atoms with Crippen LogP contribution in [0.25, 0.3) is 11.4 Å². The molecule has 2 aromatic heterocycles. The summed E-state index contributed by atoms with van der Waals surface area (Å²) in [6, 6.07) is 10.4. The zero-order valence-corrected chi connectivity index (χ0v) is 16.8. The second kappa shape index (κ2) is 8.08. The van der Waals surface area contributed by atoms with Crippen molar-refractivity contribution in [1.29, 1.82) is 0 Å². The molecule has 0 saturated carbocycles. The van der Waals surface area contributed by atoms with Crippen molar-refractivity contribution >= 4 is 0 Å². The Balaban J connectivity index is 1.16. The number of hydrogen-bond donors (Lipinski definition) is 1. The molecule has 2 aliphatic heterocycles. The van der Waals surface area contributed by atoms with Crippen molar-refractivity contribution in [2.75, 3.05) is 19.7 Å². The Morgan fingerprint density at radius 3 is 2.86 bits per heavy atom. The maximum atomic E-state index is 5.76. The number of nitrogens with zero attached hydrogens (tertiary/aromatic N) is 4. The van der Waals surface area contributed by atoms with Crippen molar-refractivity contribution in [3.8, 4) is 11.4 Å². The van der Waals surface area contributed by atoms with E-state index in [9.17, 15) is 0 Å². The van der Waals surface area contributed by atoms with Crippen LogP contribution in [-0.4, -0.2) is 44.9 Å². The summed E-state index contributed by atoms with van der Waals surface area (Å²) in [7, 11) is 0. The normalized spacial score (nSPS) is 21.1. The summed E-state index contributed by atoms with van der Waals surface area (Å²) in [5.41, 5.74) is 4.50. The molecule has 2 saturated heterocycles. The topological polar surface area (TPSA) is 80.1 Å². The maximum absolute atomic E-state index is 5.76. The van der Waals surface area contributed by atoms with Crippen LogP contribution in [0.3, 0.4) is 0 Å². The third-order valence-electron chi connectivity index (χ3n) is 6.00. The highest BCUT2D eigenvalue weighted by atomic mass is 16.5. The Morgan fingerprint density at radius 1 is 1.17 bits per heavy atom. The van der Waals surface area contributed by atoms with Crippen LogP contribution < -0.4 is 0 Å². The van der Waals surface area contributed by atoms with E-state index in [0.717, 1.165) is 56.6 Å². The third kappa shape index (κ3) is 4.11. The van der Waals surface area contributed by atoms with E-state index in [1.807, 2.05) is 12.1 Å². The molecule has 4 heterocycles. The highest BCUT2D eigenvalue weighted by Gasteiger charge is 2.26. The fourth-order valence-corrected chi connectivity index (χ4v) is 4.35. The number of likely N-dealkylation sites (tertiary alicyclic amines) is 1. The number of aromatic amines is 1. The summed E-state index contributed by atoms with van der Waals surface area (Å²) < 4.78 is 11.3. The molecule has 0 radical (unpaired) electrons. The van der Waals surface area contributed by atoms with Gasteiger partial charge in [0, 0.05) is 18.1 Å². The lowest BCUT2D eigenvalue weighted by Crippen LogP contribution is -2.32. The first-order valence-corrected chi connectivity index (χ1v) is 10.5. The van der Waals surface area contributed by atoms with E-state index in [2.05, 4.69) is 50.4 Å². The first-order valence-electron chi connectivity index (χ1n) is 10.5. The van der Waals surface area contributed by atoms with Gasteiger partial charge in [0.1, 0.15) is 0 Å². The molecule has 0 aliphatic carbocycles. The van der Waals surface area contributed by atoms with Gasteiger partial charge in [-0.2, -0.15) is 10.1 Å². The minimum absolute atomic E-state index is 0.205. The standard InChI is InChI=1S/C22H27N5O2/c1-15-4-2-5-17(12-15)22-23-21(29-26-22)14-27-9-7-16(8-10-27)18-13-19(25-24-18)20-6-3-11-28-20/h2,4-5,12-13,16,20H,3,6-11,14H2,1H3,(H,24,25). The van der Waals surface area contributed by atoms with Crippen molar-refractivity contribution < 1.29 is 9.26 Å². The number of aryl methyl sites for hydroxylation is 1. The van der Waals surface area contributed by atoms with E-state index >= 15 is 0 Å². The van der Waals surface area contributed by atoms with Crippen LogP contribution in [0.1, 0.15) is 60.5 Å². The van der Waals surface area contributed by atoms with Gasteiger partial charge in [-0.15, -0.1) is 0 Å². The van der Waals surface area contributed by atoms with Gasteiger partial charge in [0.2, 0.25) is 11.7 Å². The van der Waals surface area contributed by atoms with E-state index in [1.165, 1.54) is 11.3 Å². The molecule has 152 valence electrons. The molecule has 1 N–H and O–H groups in total. The highest BCUT2D eigenvalue weighted by Crippen LogP contribution is 2.32. The number of rotatable bonds is 5. The first-order chi connectivity index (χ1) is 14.2. The summed E-state index contributed by atoms with van der Waals surface area (Å²) in [6.07, 6.45) is 4.62. The number of aromatic nitrogens is 4. The molecule has 7 heteroatoms. The van der Waals surface area contributed by atoms with Gasteiger partial charge in [0.25, 0.3) is 0 Å². The van der Waals surface area contributed by atoms with E-state index in [4.69, 9.17) is 9.26 Å². The number of benzene rings is 1. The van der Waals surface area contributed by atoms with E-state index in [1.54, 1.807) is 0 Å². The van der Waals surface area contributed by atoms with Crippen molar-refractivity contribution in [3.05, 3.63) is 53.2 Å². The number of ether oxygens (including phenoxy) is 1. The molecule has 1 aromatic carbocycles. The van der Waals surface area contributed by atoms with Crippen molar-refractivity contribution in [2.45, 2.75) is 51.2 Å². The van der Waals surface area contributed by atoms with Gasteiger partial charge in [-0.05, 0) is 57.8 Å². The SMILES string of the molecule is Cc1cccc(-c2noc(CN3CCC(c4cc(C5CCCO5)[nH]n4)CC3)n2)c1. The molecule has 2 fully saturated rings. The van der Waals surface area contributed by atoms with Crippen LogP contribution in [0, 0.1) is 6.92 Å². The zero-order chi connectivity index (χ0) is 19.6. The van der Waals surface area contributed by atoms with Gasteiger partial charge in [0.05, 0.1) is 24.0 Å². The largest absolute Gasteiger partial charge is 0.372 e. The van der Waals surface area contributed by atoms with Gasteiger partial charge in [-0.1, -0.05) is 28.9 Å². The smallest absolute Gasteiger partial charge is 0.241 e. The molecule has 7 nitrogen and oxygen atoms in total. The minimum atomic E-state index is 0.205. The number of hydrogen-bond acceptors (Lipinski definition) is 6. The highest BCUT2D eigenvalue weighted by molar-refractivity contribution is 5.55. The van der Waals surface area contributed by atoms with Crippen LogP contribution in [-0.2, 0) is 11.3 Å². The van der Waals surface area contributed by atoms with E-state index in [0.29, 0.717) is 24.2 Å². The Kier molecular flexibility index (Phi) is 5.16. The van der Waals surface area contributed by atoms with Crippen LogP contribution in [0.5, 0.6) is 0 Å². The lowest BCUT2D eigenvalue weighted by atomic mass is 9.93. The van der Waals surface area contributed by atoms with Gasteiger partial charge in [0.15, 0.2) is 0 Å². The molecule has 29 heavy (non-hydrogen) atoms. The zero-order valence-electron chi connectivity index (χ0n) is 16.8. The van der Waals surface area contributed by atoms with E-state index < -0.39 is 0 Å². The predicted molar refractivity (Wildman–Crippen MR) is 108 cm³/mol. The van der Waals surface area contributed by atoms with Crippen LogP contribution in [0.2, 0.25) is 0 Å². The molecule has 0 bridgehead atoms. The molecule has 0 spiro atoms. The fourth-order valence-electron chi connectivity index (χ4n) is 4.35. The molecular formula is C22H27N5O2. The third-order valence-corrected chi connectivity index (χ3v) is 6.00. The second-order valence-corrected chi connectivity index (χ2v) is 8.18. The Hall–Kier alpha value is -2.51. The maximum Gasteiger partial charge on any atom is 0.241 e. The number of H-pyrrole nitrogens is 1. The van der Waals surface area contributed by atoms with Crippen molar-refractivity contribution in [2.24, 2.45) is 0 Å². The lowest BCUT2D eigenvalue weighted by Gasteiger charge is -2.29. The van der Waals surface area contributed by atoms with Crippen LogP contribution in [0.15, 0.2) is 34.9 Å². The molecule has 5 rings (SSSR count). The predicted octanol–water partition coefficient (Wildman–Crippen LogP) is 4.00. The summed E-state index contributed by atoms with van der Waals surface area (Å²) in [4.78, 5) is 6.98. The average molecular weight is 393 g/mol. The van der Waals surface area contributed by atoms with Crippen molar-refractivity contribution in [3.63, 3.8) is 0 Å². The minimum Gasteiger partial charge on any atom is -0.372 e. The first kappa shape index (κ1) is 18.5. The quantitative estimate of drug-likeness (QED) is 0.706. The number of nitrogens with one attached hydrogen (secondary N) is 1. The fraction of sp³-hybridized carbons (Fsp3) is 0.500. The average Bonchev–Trinajstić information content (AvgIpc) is 3.50.